The maximum atomic E-state index is 12.9. The van der Waals surface area contributed by atoms with E-state index in [1.165, 1.54) is 0 Å². The number of alkyl halides is 9. The Kier molecular flexibility index (Phi) is 3.53. The molecule has 0 fully saturated rings. The standard InChI is InChI=1S/C15H6F9N/c16-13(17,18)7-1-10-3-8(14(19,20)21)4-12-6-9(15(22,23)24)5-11(2-7)25(10)12/h1-6H. The van der Waals surface area contributed by atoms with Gasteiger partial charge in [0.1, 0.15) is 0 Å². The lowest BCUT2D eigenvalue weighted by Gasteiger charge is -2.37. The summed E-state index contributed by atoms with van der Waals surface area (Å²) in [4.78, 5) is 0.902. The first-order chi connectivity index (χ1) is 11.3. The van der Waals surface area contributed by atoms with E-state index in [2.05, 4.69) is 0 Å². The predicted octanol–water partition coefficient (Wildman–Crippen LogP) is 5.45. The van der Waals surface area contributed by atoms with Gasteiger partial charge >= 0.3 is 18.5 Å². The van der Waals surface area contributed by atoms with Gasteiger partial charge in [0.15, 0.2) is 0 Å². The molecule has 0 aliphatic carbocycles. The molecule has 3 aliphatic rings. The van der Waals surface area contributed by atoms with Gasteiger partial charge in [-0.25, -0.2) is 0 Å². The number of halogens is 9. The Labute approximate surface area is 134 Å². The molecule has 0 aromatic carbocycles. The topological polar surface area (TPSA) is 3.24 Å². The summed E-state index contributed by atoms with van der Waals surface area (Å²) in [5.41, 5.74) is -5.55. The quantitative estimate of drug-likeness (QED) is 0.512. The van der Waals surface area contributed by atoms with Crippen molar-refractivity contribution in [2.75, 3.05) is 0 Å². The van der Waals surface area contributed by atoms with Crippen LogP contribution in [0.25, 0.3) is 0 Å². The highest BCUT2D eigenvalue weighted by Gasteiger charge is 2.43. The number of allylic oxidation sites excluding steroid dienone is 9. The second kappa shape index (κ2) is 5.06. The van der Waals surface area contributed by atoms with Gasteiger partial charge in [0.05, 0.1) is 16.7 Å². The highest BCUT2D eigenvalue weighted by Crippen LogP contribution is 2.45. The first kappa shape index (κ1) is 17.4. The molecule has 25 heavy (non-hydrogen) atoms. The molecule has 0 saturated carbocycles. The maximum Gasteiger partial charge on any atom is 0.416 e. The molecule has 3 heterocycles. The van der Waals surface area contributed by atoms with Crippen molar-refractivity contribution in [3.8, 4) is 0 Å². The summed E-state index contributed by atoms with van der Waals surface area (Å²) in [6.07, 6.45) is -12.0. The minimum Gasteiger partial charge on any atom is -0.310 e. The Morgan fingerprint density at radius 1 is 0.440 bits per heavy atom. The lowest BCUT2D eigenvalue weighted by molar-refractivity contribution is -0.0886. The van der Waals surface area contributed by atoms with Gasteiger partial charge in [-0.2, -0.15) is 39.5 Å². The molecule has 3 aliphatic heterocycles. The van der Waals surface area contributed by atoms with Gasteiger partial charge in [0.2, 0.25) is 0 Å². The van der Waals surface area contributed by atoms with Crippen LogP contribution in [0.1, 0.15) is 0 Å². The smallest absolute Gasteiger partial charge is 0.310 e. The van der Waals surface area contributed by atoms with Gasteiger partial charge < -0.3 is 4.90 Å². The first-order valence-corrected chi connectivity index (χ1v) is 6.59. The molecule has 3 rings (SSSR count). The van der Waals surface area contributed by atoms with E-state index in [-0.39, 0.29) is 0 Å². The number of hydrogen-bond donors (Lipinski definition) is 0. The second-order valence-electron chi connectivity index (χ2n) is 5.34. The number of rotatable bonds is 0. The van der Waals surface area contributed by atoms with Crippen LogP contribution >= 0.6 is 0 Å². The predicted molar refractivity (Wildman–Crippen MR) is 68.5 cm³/mol. The van der Waals surface area contributed by atoms with E-state index in [1.54, 1.807) is 0 Å². The number of hydrogen-bond acceptors (Lipinski definition) is 1. The van der Waals surface area contributed by atoms with E-state index in [9.17, 15) is 39.5 Å². The molecule has 0 aromatic rings. The van der Waals surface area contributed by atoms with Crippen LogP contribution in [-0.4, -0.2) is 23.4 Å². The molecule has 0 spiro atoms. The molecule has 0 unspecified atom stereocenters. The largest absolute Gasteiger partial charge is 0.416 e. The zero-order valence-electron chi connectivity index (χ0n) is 11.8. The highest BCUT2D eigenvalue weighted by molar-refractivity contribution is 5.59. The molecule has 10 heteroatoms. The fraction of sp³-hybridized carbons (Fsp3) is 0.200. The van der Waals surface area contributed by atoms with Gasteiger partial charge in [-0.15, -0.1) is 0 Å². The van der Waals surface area contributed by atoms with Crippen LogP contribution in [0.3, 0.4) is 0 Å². The van der Waals surface area contributed by atoms with Crippen molar-refractivity contribution in [3.05, 3.63) is 70.3 Å². The van der Waals surface area contributed by atoms with Crippen LogP contribution in [0.15, 0.2) is 70.3 Å². The SMILES string of the molecule is FC(F)(F)C1=CC2=CC(C(F)(F)F)=CC3=CC(C(F)(F)F)=CC(=C1)N23. The van der Waals surface area contributed by atoms with Crippen molar-refractivity contribution < 1.29 is 39.5 Å². The fourth-order valence-electron chi connectivity index (χ4n) is 2.53. The molecule has 0 saturated heterocycles. The summed E-state index contributed by atoms with van der Waals surface area (Å²) in [7, 11) is 0. The lowest BCUT2D eigenvalue weighted by Crippen LogP contribution is -2.32. The minimum absolute atomic E-state index is 0.461. The Balaban J connectivity index is 2.24. The average molecular weight is 371 g/mol. The highest BCUT2D eigenvalue weighted by atomic mass is 19.4. The number of nitrogens with zero attached hydrogens (tertiary/aromatic N) is 1. The molecule has 0 amide bonds. The summed E-state index contributed by atoms with van der Waals surface area (Å²) in [6.45, 7) is 0. The van der Waals surface area contributed by atoms with Crippen molar-refractivity contribution >= 4 is 0 Å². The third-order valence-electron chi connectivity index (χ3n) is 3.58. The normalized spacial score (nSPS) is 20.8. The molecule has 0 radical (unpaired) electrons. The van der Waals surface area contributed by atoms with E-state index in [1.807, 2.05) is 0 Å². The summed E-state index contributed by atoms with van der Waals surface area (Å²) >= 11 is 0. The minimum atomic E-state index is -4.92. The van der Waals surface area contributed by atoms with Crippen LogP contribution in [-0.2, 0) is 0 Å². The van der Waals surface area contributed by atoms with E-state index >= 15 is 0 Å². The second-order valence-corrected chi connectivity index (χ2v) is 5.34. The van der Waals surface area contributed by atoms with Crippen molar-refractivity contribution in [3.63, 3.8) is 0 Å². The summed E-state index contributed by atoms with van der Waals surface area (Å²) in [5, 5.41) is 0. The molecule has 1 nitrogen and oxygen atoms in total. The van der Waals surface area contributed by atoms with Crippen molar-refractivity contribution in [2.24, 2.45) is 0 Å². The zero-order valence-corrected chi connectivity index (χ0v) is 11.8. The molecule has 134 valence electrons. The summed E-state index contributed by atoms with van der Waals surface area (Å²) in [5.74, 6) is 0. The van der Waals surface area contributed by atoms with Crippen LogP contribution < -0.4 is 0 Å². The van der Waals surface area contributed by atoms with Gasteiger partial charge in [-0.1, -0.05) is 0 Å². The zero-order chi connectivity index (χ0) is 18.8. The Morgan fingerprint density at radius 3 is 0.880 bits per heavy atom. The third kappa shape index (κ3) is 3.12. The third-order valence-corrected chi connectivity index (χ3v) is 3.58. The lowest BCUT2D eigenvalue weighted by atomic mass is 9.94. The van der Waals surface area contributed by atoms with Crippen LogP contribution in [0.2, 0.25) is 0 Å². The molecule has 0 bridgehead atoms. The van der Waals surface area contributed by atoms with Gasteiger partial charge in [-0.3, -0.25) is 0 Å². The molecule has 0 aromatic heterocycles. The Bertz CT molecular complexity index is 698. The Morgan fingerprint density at radius 2 is 0.680 bits per heavy atom. The molecular formula is C15H6F9N. The van der Waals surface area contributed by atoms with Crippen LogP contribution in [0.5, 0.6) is 0 Å². The summed E-state index contributed by atoms with van der Waals surface area (Å²) in [6, 6.07) is 0. The van der Waals surface area contributed by atoms with Crippen molar-refractivity contribution in [1.82, 2.24) is 4.90 Å². The average Bonchev–Trinajstić information content (AvgIpc) is 2.43. The van der Waals surface area contributed by atoms with Gasteiger partial charge in [0, 0.05) is 17.1 Å². The van der Waals surface area contributed by atoms with Gasteiger partial charge in [0.25, 0.3) is 0 Å². The van der Waals surface area contributed by atoms with E-state index in [0.717, 1.165) is 4.90 Å². The van der Waals surface area contributed by atoms with E-state index in [0.29, 0.717) is 36.5 Å². The van der Waals surface area contributed by atoms with Crippen LogP contribution in [0, 0.1) is 0 Å². The van der Waals surface area contributed by atoms with E-state index < -0.39 is 52.3 Å². The fourth-order valence-corrected chi connectivity index (χ4v) is 2.53. The van der Waals surface area contributed by atoms with E-state index in [4.69, 9.17) is 0 Å². The summed E-state index contributed by atoms with van der Waals surface area (Å²) < 4.78 is 116. The monoisotopic (exact) mass is 371 g/mol. The molecular weight excluding hydrogens is 365 g/mol. The Hall–Kier alpha value is -2.39. The molecule has 0 atom stereocenters. The van der Waals surface area contributed by atoms with Crippen LogP contribution in [0.4, 0.5) is 39.5 Å². The molecule has 0 N–H and O–H groups in total. The van der Waals surface area contributed by atoms with Crippen molar-refractivity contribution in [1.29, 1.82) is 0 Å². The van der Waals surface area contributed by atoms with Gasteiger partial charge in [-0.05, 0) is 36.5 Å². The maximum absolute atomic E-state index is 12.9. The first-order valence-electron chi connectivity index (χ1n) is 6.59. The van der Waals surface area contributed by atoms with Crippen molar-refractivity contribution in [2.45, 2.75) is 18.5 Å².